The van der Waals surface area contributed by atoms with Crippen LogP contribution in [0.2, 0.25) is 0 Å². The van der Waals surface area contributed by atoms with Gasteiger partial charge in [0.2, 0.25) is 0 Å². The summed E-state index contributed by atoms with van der Waals surface area (Å²) >= 11 is 3.66. The van der Waals surface area contributed by atoms with Gasteiger partial charge in [0.15, 0.2) is 5.82 Å². The maximum Gasteiger partial charge on any atom is 0.160 e. The third kappa shape index (κ3) is 5.09. The van der Waals surface area contributed by atoms with Crippen molar-refractivity contribution >= 4 is 63.0 Å². The molecular weight excluding hydrogens is 645 g/mol. The molecule has 3 heterocycles. The molecular formula is C46H28N2S2. The predicted molar refractivity (Wildman–Crippen MR) is 215 cm³/mol. The predicted octanol–water partition coefficient (Wildman–Crippen LogP) is 13.5. The summed E-state index contributed by atoms with van der Waals surface area (Å²) in [5.74, 6) is 0.714. The molecule has 50 heavy (non-hydrogen) atoms. The average molecular weight is 673 g/mol. The normalized spacial score (nSPS) is 11.6. The fourth-order valence-corrected chi connectivity index (χ4v) is 9.28. The molecule has 10 aromatic rings. The van der Waals surface area contributed by atoms with Crippen LogP contribution in [0.15, 0.2) is 170 Å². The zero-order valence-electron chi connectivity index (χ0n) is 26.9. The van der Waals surface area contributed by atoms with Crippen LogP contribution in [-0.4, -0.2) is 9.97 Å². The molecule has 0 N–H and O–H groups in total. The second-order valence-electron chi connectivity index (χ2n) is 12.6. The van der Waals surface area contributed by atoms with E-state index >= 15 is 0 Å². The molecule has 0 aliphatic heterocycles. The lowest BCUT2D eigenvalue weighted by Crippen LogP contribution is -1.96. The van der Waals surface area contributed by atoms with Gasteiger partial charge in [-0.25, -0.2) is 9.97 Å². The van der Waals surface area contributed by atoms with Crippen molar-refractivity contribution in [2.75, 3.05) is 0 Å². The highest BCUT2D eigenvalue weighted by atomic mass is 32.1. The Labute approximate surface area is 297 Å². The van der Waals surface area contributed by atoms with Gasteiger partial charge in [0, 0.05) is 57.0 Å². The van der Waals surface area contributed by atoms with Crippen LogP contribution in [0.5, 0.6) is 0 Å². The van der Waals surface area contributed by atoms with E-state index in [9.17, 15) is 0 Å². The molecule has 4 heteroatoms. The van der Waals surface area contributed by atoms with E-state index in [1.54, 1.807) is 0 Å². The number of thiophene rings is 2. The smallest absolute Gasteiger partial charge is 0.160 e. The standard InChI is InChI=1S/C46H28N2S2/c1-2-10-29(11-3-1)30-12-8-13-31(24-30)32-14-9-15-35(25-32)46-47-40(33-20-22-38-36-16-4-6-18-42(36)49-44(38)26-33)28-41(48-46)34-21-23-39-37-17-5-7-19-43(37)50-45(39)27-34/h1-28H. The zero-order valence-corrected chi connectivity index (χ0v) is 28.5. The van der Waals surface area contributed by atoms with E-state index in [2.05, 4.69) is 170 Å². The fraction of sp³-hybridized carbons (Fsp3) is 0. The quantitative estimate of drug-likeness (QED) is 0.182. The first-order valence-corrected chi connectivity index (χ1v) is 18.4. The van der Waals surface area contributed by atoms with Gasteiger partial charge in [0.1, 0.15) is 0 Å². The monoisotopic (exact) mass is 672 g/mol. The van der Waals surface area contributed by atoms with Gasteiger partial charge in [-0.2, -0.15) is 0 Å². The van der Waals surface area contributed by atoms with Crippen molar-refractivity contribution in [2.45, 2.75) is 0 Å². The Morgan fingerprint density at radius 2 is 0.720 bits per heavy atom. The Morgan fingerprint density at radius 1 is 0.280 bits per heavy atom. The second kappa shape index (κ2) is 11.9. The molecule has 0 spiro atoms. The van der Waals surface area contributed by atoms with Crippen molar-refractivity contribution in [3.05, 3.63) is 170 Å². The topological polar surface area (TPSA) is 25.8 Å². The molecule has 3 aromatic heterocycles. The van der Waals surface area contributed by atoms with Crippen LogP contribution in [-0.2, 0) is 0 Å². The van der Waals surface area contributed by atoms with Crippen LogP contribution in [0.25, 0.3) is 96.5 Å². The van der Waals surface area contributed by atoms with Crippen molar-refractivity contribution in [1.82, 2.24) is 9.97 Å². The summed E-state index contributed by atoms with van der Waals surface area (Å²) in [6.07, 6.45) is 0. The van der Waals surface area contributed by atoms with Crippen LogP contribution >= 0.6 is 22.7 Å². The van der Waals surface area contributed by atoms with E-state index in [0.29, 0.717) is 5.82 Å². The number of nitrogens with zero attached hydrogens (tertiary/aromatic N) is 2. The molecule has 0 radical (unpaired) electrons. The zero-order chi connectivity index (χ0) is 33.0. The number of hydrogen-bond acceptors (Lipinski definition) is 4. The number of fused-ring (bicyclic) bond motifs is 6. The summed E-state index contributed by atoms with van der Waals surface area (Å²) in [6.45, 7) is 0. The maximum absolute atomic E-state index is 5.25. The largest absolute Gasteiger partial charge is 0.228 e. The molecule has 0 aliphatic carbocycles. The minimum atomic E-state index is 0.714. The van der Waals surface area contributed by atoms with Crippen LogP contribution in [0, 0.1) is 0 Å². The summed E-state index contributed by atoms with van der Waals surface area (Å²) in [7, 11) is 0. The molecule has 0 atom stereocenters. The highest BCUT2D eigenvalue weighted by Gasteiger charge is 2.15. The Kier molecular flexibility index (Phi) is 6.90. The number of rotatable bonds is 5. The summed E-state index contributed by atoms with van der Waals surface area (Å²) < 4.78 is 5.12. The first-order chi connectivity index (χ1) is 24.7. The van der Waals surface area contributed by atoms with Gasteiger partial charge < -0.3 is 0 Å². The first-order valence-electron chi connectivity index (χ1n) is 16.7. The Morgan fingerprint density at radius 3 is 1.30 bits per heavy atom. The van der Waals surface area contributed by atoms with Gasteiger partial charge in [-0.3, -0.25) is 0 Å². The van der Waals surface area contributed by atoms with Crippen molar-refractivity contribution in [2.24, 2.45) is 0 Å². The van der Waals surface area contributed by atoms with E-state index < -0.39 is 0 Å². The first kappa shape index (κ1) is 29.0. The van der Waals surface area contributed by atoms with E-state index in [0.717, 1.165) is 39.2 Å². The van der Waals surface area contributed by atoms with E-state index in [4.69, 9.17) is 9.97 Å². The minimum absolute atomic E-state index is 0.714. The lowest BCUT2D eigenvalue weighted by molar-refractivity contribution is 1.18. The van der Waals surface area contributed by atoms with Gasteiger partial charge >= 0.3 is 0 Å². The summed E-state index contributed by atoms with van der Waals surface area (Å²) in [4.78, 5) is 10.5. The number of hydrogen-bond donors (Lipinski definition) is 0. The van der Waals surface area contributed by atoms with Crippen LogP contribution in [0.3, 0.4) is 0 Å². The second-order valence-corrected chi connectivity index (χ2v) is 14.8. The van der Waals surface area contributed by atoms with Crippen molar-refractivity contribution in [3.63, 3.8) is 0 Å². The Hall–Kier alpha value is -5.94. The molecule has 2 nitrogen and oxygen atoms in total. The molecule has 234 valence electrons. The van der Waals surface area contributed by atoms with Gasteiger partial charge in [-0.05, 0) is 64.7 Å². The van der Waals surface area contributed by atoms with E-state index in [-0.39, 0.29) is 0 Å². The van der Waals surface area contributed by atoms with Gasteiger partial charge in [0.05, 0.1) is 11.4 Å². The Balaban J connectivity index is 1.13. The maximum atomic E-state index is 5.25. The number of aromatic nitrogens is 2. The van der Waals surface area contributed by atoms with Crippen LogP contribution < -0.4 is 0 Å². The van der Waals surface area contributed by atoms with Gasteiger partial charge in [0.25, 0.3) is 0 Å². The fourth-order valence-electron chi connectivity index (χ4n) is 6.99. The van der Waals surface area contributed by atoms with Crippen LogP contribution in [0.1, 0.15) is 0 Å². The minimum Gasteiger partial charge on any atom is -0.228 e. The summed E-state index contributed by atoms with van der Waals surface area (Å²) in [5, 5.41) is 5.16. The van der Waals surface area contributed by atoms with Gasteiger partial charge in [-0.1, -0.05) is 127 Å². The molecule has 0 saturated heterocycles. The summed E-state index contributed by atoms with van der Waals surface area (Å²) in [6, 6.07) is 60.8. The molecule has 0 aliphatic rings. The third-order valence-corrected chi connectivity index (χ3v) is 11.8. The van der Waals surface area contributed by atoms with Crippen molar-refractivity contribution in [1.29, 1.82) is 0 Å². The van der Waals surface area contributed by atoms with E-state index in [1.807, 2.05) is 22.7 Å². The number of benzene rings is 7. The van der Waals surface area contributed by atoms with Crippen molar-refractivity contribution in [3.8, 4) is 56.2 Å². The highest BCUT2D eigenvalue weighted by Crippen LogP contribution is 2.39. The summed E-state index contributed by atoms with van der Waals surface area (Å²) in [5.41, 5.74) is 9.69. The lowest BCUT2D eigenvalue weighted by Gasteiger charge is -2.11. The van der Waals surface area contributed by atoms with E-state index in [1.165, 1.54) is 51.5 Å². The molecule has 0 unspecified atom stereocenters. The molecule has 10 rings (SSSR count). The molecule has 0 bridgehead atoms. The third-order valence-electron chi connectivity index (χ3n) is 9.50. The molecule has 0 saturated carbocycles. The molecule has 7 aromatic carbocycles. The average Bonchev–Trinajstić information content (AvgIpc) is 3.76. The SMILES string of the molecule is c1ccc(-c2cccc(-c3cccc(-c4nc(-c5ccc6c(c5)sc5ccccc56)cc(-c5ccc6c(c5)sc5ccccc56)n4)c3)c2)cc1. The Bertz CT molecular complexity index is 2750. The molecule has 0 fully saturated rings. The molecule has 0 amide bonds. The van der Waals surface area contributed by atoms with Gasteiger partial charge in [-0.15, -0.1) is 22.7 Å². The van der Waals surface area contributed by atoms with Crippen molar-refractivity contribution < 1.29 is 0 Å². The highest BCUT2D eigenvalue weighted by molar-refractivity contribution is 7.26. The lowest BCUT2D eigenvalue weighted by atomic mass is 9.98. The van der Waals surface area contributed by atoms with Crippen LogP contribution in [0.4, 0.5) is 0 Å².